The summed E-state index contributed by atoms with van der Waals surface area (Å²) >= 11 is 0. The van der Waals surface area contributed by atoms with Crippen molar-refractivity contribution in [1.29, 1.82) is 0 Å². The first-order valence-electron chi connectivity index (χ1n) is 37.5. The average Bonchev–Trinajstić information content (AvgIpc) is 0.674. The first-order valence-corrected chi connectivity index (χ1v) is 37.5. The number of allylic oxidation sites excluding steroid dienone is 2. The van der Waals surface area contributed by atoms with E-state index in [0.717, 1.165) is 5.57 Å². The second kappa shape index (κ2) is 31.6. The highest BCUT2D eigenvalue weighted by Crippen LogP contribution is 2.76. The fraction of sp³-hybridized carbons (Fsp3) is 0.958. The first-order chi connectivity index (χ1) is 49.8. The van der Waals surface area contributed by atoms with Crippen LogP contribution in [0.25, 0.3) is 0 Å². The Hall–Kier alpha value is -2.11. The highest BCUT2D eigenvalue weighted by Gasteiger charge is 2.71. The second-order valence-corrected chi connectivity index (χ2v) is 34.1. The molecule has 7 aliphatic heterocycles. The molecule has 12 rings (SSSR count). The van der Waals surface area contributed by atoms with Crippen LogP contribution in [-0.4, -0.2) is 356 Å². The number of rotatable bonds is 18. The predicted octanol–water partition coefficient (Wildman–Crippen LogP) is -5.87. The lowest BCUT2D eigenvalue weighted by atomic mass is 9.33. The fourth-order valence-corrected chi connectivity index (χ4v) is 20.4. The maximum Gasteiger partial charge on any atom is 0.315 e. The molecular formula is C71H116O35. The lowest BCUT2D eigenvalue weighted by Crippen LogP contribution is -2.67. The van der Waals surface area contributed by atoms with Crippen LogP contribution in [0.15, 0.2) is 11.6 Å². The lowest BCUT2D eigenvalue weighted by Gasteiger charge is -2.71. The molecule has 5 aliphatic carbocycles. The second-order valence-electron chi connectivity index (χ2n) is 34.1. The topological polar surface area (TPSA) is 551 Å². The molecule has 0 bridgehead atoms. The van der Waals surface area contributed by atoms with Crippen LogP contribution in [0, 0.1) is 50.2 Å². The Morgan fingerprint density at radius 1 is 0.453 bits per heavy atom. The van der Waals surface area contributed by atoms with Crippen molar-refractivity contribution in [3.05, 3.63) is 11.6 Å². The largest absolute Gasteiger partial charge is 0.432 e. The van der Waals surface area contributed by atoms with Gasteiger partial charge >= 0.3 is 5.97 Å². The number of aliphatic hydroxyl groups is 20. The summed E-state index contributed by atoms with van der Waals surface area (Å²) in [5.41, 5.74) is -2.62. The molecule has 0 aromatic carbocycles. The Morgan fingerprint density at radius 3 is 1.46 bits per heavy atom. The van der Waals surface area contributed by atoms with E-state index in [1.165, 1.54) is 20.8 Å². The summed E-state index contributed by atoms with van der Waals surface area (Å²) in [4.78, 5) is 15.4. The van der Waals surface area contributed by atoms with Crippen LogP contribution in [0.2, 0.25) is 0 Å². The molecule has 11 fully saturated rings. The van der Waals surface area contributed by atoms with Gasteiger partial charge in [-0.25, -0.2) is 0 Å². The zero-order chi connectivity index (χ0) is 77.3. The van der Waals surface area contributed by atoms with Crippen molar-refractivity contribution in [2.45, 2.75) is 341 Å². The molecule has 0 amide bonds. The van der Waals surface area contributed by atoms with Crippen molar-refractivity contribution in [3.8, 4) is 0 Å². The van der Waals surface area contributed by atoms with Gasteiger partial charge in [0.15, 0.2) is 37.7 Å². The van der Waals surface area contributed by atoms with E-state index < -0.39 is 274 Å². The smallest absolute Gasteiger partial charge is 0.315 e. The summed E-state index contributed by atoms with van der Waals surface area (Å²) < 4.78 is 83.9. The molecule has 0 unspecified atom stereocenters. The Labute approximate surface area is 613 Å². The van der Waals surface area contributed by atoms with Crippen molar-refractivity contribution in [2.75, 3.05) is 33.0 Å². The molecule has 43 atom stereocenters. The van der Waals surface area contributed by atoms with Crippen molar-refractivity contribution in [1.82, 2.24) is 0 Å². The van der Waals surface area contributed by atoms with Gasteiger partial charge in [-0.2, -0.15) is 0 Å². The molecule has 106 heavy (non-hydrogen) atoms. The van der Waals surface area contributed by atoms with Crippen molar-refractivity contribution in [3.63, 3.8) is 0 Å². The number of esters is 1. The molecular weight excluding hydrogens is 1410 g/mol. The van der Waals surface area contributed by atoms with Crippen LogP contribution in [0.3, 0.4) is 0 Å². The van der Waals surface area contributed by atoms with Crippen LogP contribution in [0.1, 0.15) is 127 Å². The number of carbonyl (C=O) groups is 1. The SMILES string of the molecule is C[C@@H]1O[C@@H](O[C@H]2[C@H](O[C@H]3CC[C@@]4(C)[C@@H](CC[C@]5(C)[C@@H]4CC=C4[C@@H]6CC(C)(C)CC[C@]6(C(=O)O[C@@H]6O[C@H](CO[C@@H]7O[C@H](CO)[C@@H](O[C@@H]8O[C@@H](C)[C@H](O)[C@@H](O)[C@H]8O)[C@H](O)[C@H]7O)[C@@H](O)[C@H](O)[C@H]6O)CC[C@]45C)[C@]3(C)CO)OC[C@H](O[C@@H]3O[C@H](CO)[C@@H](O[C@@H]4O[C@@H](C)[C@H](O)[C@@H](O)[C@H]4O)[C@H](O)[C@H]3O)[C@@H]2O)[C@H](O)[C@H](O)[C@H]1O. The monoisotopic (exact) mass is 1530 g/mol. The minimum Gasteiger partial charge on any atom is -0.432 e. The third-order valence-corrected chi connectivity index (χ3v) is 27.4. The molecule has 0 radical (unpaired) electrons. The van der Waals surface area contributed by atoms with E-state index in [1.807, 2.05) is 6.92 Å². The molecule has 12 aliphatic rings. The van der Waals surface area contributed by atoms with E-state index in [4.69, 9.17) is 66.3 Å². The van der Waals surface area contributed by atoms with Gasteiger partial charge in [-0.05, 0) is 124 Å². The Bertz CT molecular complexity index is 3010. The fourth-order valence-electron chi connectivity index (χ4n) is 20.4. The van der Waals surface area contributed by atoms with Gasteiger partial charge in [0, 0.05) is 5.41 Å². The third kappa shape index (κ3) is 14.5. The van der Waals surface area contributed by atoms with Crippen LogP contribution < -0.4 is 0 Å². The van der Waals surface area contributed by atoms with Gasteiger partial charge < -0.3 is 168 Å². The summed E-state index contributed by atoms with van der Waals surface area (Å²) in [6, 6.07) is 0. The molecule has 610 valence electrons. The number of fused-ring (bicyclic) bond motifs is 7. The summed E-state index contributed by atoms with van der Waals surface area (Å²) in [5, 5.41) is 220. The van der Waals surface area contributed by atoms with E-state index in [-0.39, 0.29) is 29.8 Å². The van der Waals surface area contributed by atoms with Crippen molar-refractivity contribution < 1.29 is 173 Å². The normalized spacial score (nSPS) is 55.5. The maximum absolute atomic E-state index is 15.4. The quantitative estimate of drug-likeness (QED) is 0.0345. The Kier molecular flexibility index (Phi) is 24.8. The van der Waals surface area contributed by atoms with Crippen LogP contribution >= 0.6 is 0 Å². The number of hydrogen-bond acceptors (Lipinski definition) is 35. The van der Waals surface area contributed by atoms with Gasteiger partial charge in [-0.3, -0.25) is 4.79 Å². The standard InChI is InChI=1S/C71H116O35/c1-26-38(75)43(80)49(86)59(95-26)103-55-31(21-72)98-58(53(90)47(55)84)93-23-33-41(78)46(83)52(89)63(100-33)106-65(92)71-18-16-66(4,5)20-30(71)29-10-11-36-67(6)14-13-37(68(7,25-74)35(67)12-15-70(36,9)69(29,8)17-19-71)102-64-57(105-61-51(88)45(82)40(77)28(3)97-61)42(79)34(24-94-64)101-62-54(91)48(85)56(32(22-73)99-62)104-60-50(87)44(81)39(76)27(2)96-60/h10,26-28,30-64,72-91H,11-25H2,1-9H3/t26-,27-,28-,30-,31+,32+,33+,34-,35+,36+,37-,38-,39-,40-,41+,42-,43+,44+,45+,46-,47+,48+,49+,50+,51+,52+,53+,54+,55+,56+,57+,58+,59-,60-,61-,62-,63-,64-,67-,68-,69+,70+,71-/m0/s1. The van der Waals surface area contributed by atoms with Gasteiger partial charge in [0.1, 0.15) is 146 Å². The van der Waals surface area contributed by atoms with Crippen LogP contribution in [-0.2, 0) is 71.1 Å². The van der Waals surface area contributed by atoms with Gasteiger partial charge in [-0.1, -0.05) is 53.2 Å². The predicted molar refractivity (Wildman–Crippen MR) is 352 cm³/mol. The van der Waals surface area contributed by atoms with E-state index in [1.54, 1.807) is 0 Å². The third-order valence-electron chi connectivity index (χ3n) is 27.4. The van der Waals surface area contributed by atoms with Gasteiger partial charge in [-0.15, -0.1) is 0 Å². The Morgan fingerprint density at radius 2 is 0.925 bits per heavy atom. The zero-order valence-corrected chi connectivity index (χ0v) is 61.2. The van der Waals surface area contributed by atoms with Crippen LogP contribution in [0.4, 0.5) is 0 Å². The summed E-state index contributed by atoms with van der Waals surface area (Å²) in [6.45, 7) is 14.2. The van der Waals surface area contributed by atoms with E-state index in [2.05, 4.69) is 40.7 Å². The van der Waals surface area contributed by atoms with E-state index >= 15 is 4.79 Å². The number of aliphatic hydroxyl groups excluding tert-OH is 20. The van der Waals surface area contributed by atoms with Crippen LogP contribution in [0.5, 0.6) is 0 Å². The van der Waals surface area contributed by atoms with Crippen molar-refractivity contribution in [2.24, 2.45) is 50.2 Å². The van der Waals surface area contributed by atoms with E-state index in [9.17, 15) is 102 Å². The molecule has 7 saturated heterocycles. The van der Waals surface area contributed by atoms with E-state index in [0.29, 0.717) is 64.2 Å². The average molecular weight is 1530 g/mol. The minimum atomic E-state index is -1.98. The van der Waals surface area contributed by atoms with Gasteiger partial charge in [0.25, 0.3) is 0 Å². The molecule has 35 nitrogen and oxygen atoms in total. The molecule has 20 N–H and O–H groups in total. The van der Waals surface area contributed by atoms with Crippen molar-refractivity contribution >= 4 is 5.97 Å². The maximum atomic E-state index is 15.4. The highest BCUT2D eigenvalue weighted by atomic mass is 16.8. The Balaban J connectivity index is 0.733. The molecule has 0 aromatic rings. The number of hydrogen-bond donors (Lipinski definition) is 20. The molecule has 4 saturated carbocycles. The summed E-state index contributed by atoms with van der Waals surface area (Å²) in [7, 11) is 0. The van der Waals surface area contributed by atoms with Gasteiger partial charge in [0.2, 0.25) is 6.29 Å². The summed E-state index contributed by atoms with van der Waals surface area (Å²) in [6.07, 6.45) is -49.4. The zero-order valence-electron chi connectivity index (χ0n) is 61.2. The summed E-state index contributed by atoms with van der Waals surface area (Å²) in [5.74, 6) is -1.22. The van der Waals surface area contributed by atoms with Gasteiger partial charge in [0.05, 0.1) is 62.9 Å². The number of ether oxygens (including phenoxy) is 14. The molecule has 0 aromatic heterocycles. The first kappa shape index (κ1) is 83.3. The highest BCUT2D eigenvalue weighted by molar-refractivity contribution is 5.79. The number of carbonyl (C=O) groups excluding carboxylic acids is 1. The minimum absolute atomic E-state index is 0.0113. The lowest BCUT2D eigenvalue weighted by molar-refractivity contribution is -0.388. The molecule has 35 heteroatoms. The molecule has 0 spiro atoms. The molecule has 7 heterocycles.